The van der Waals surface area contributed by atoms with E-state index in [0.717, 1.165) is 28.7 Å². The topological polar surface area (TPSA) is 66.8 Å². The normalized spacial score (nSPS) is 17.0. The van der Waals surface area contributed by atoms with Crippen LogP contribution in [0.3, 0.4) is 0 Å². The third-order valence-corrected chi connectivity index (χ3v) is 5.65. The lowest BCUT2D eigenvalue weighted by molar-refractivity contribution is -0.160. The van der Waals surface area contributed by atoms with Gasteiger partial charge in [-0.25, -0.2) is 4.79 Å². The van der Waals surface area contributed by atoms with Crippen molar-refractivity contribution in [3.05, 3.63) is 57.0 Å². The molecule has 6 nitrogen and oxygen atoms in total. The predicted molar refractivity (Wildman–Crippen MR) is 130 cm³/mol. The first-order chi connectivity index (χ1) is 15.4. The minimum atomic E-state index is -0.803. The number of pyridine rings is 1. The Morgan fingerprint density at radius 1 is 1.21 bits per heavy atom. The maximum absolute atomic E-state index is 13.3. The first kappa shape index (κ1) is 25.5. The van der Waals surface area contributed by atoms with E-state index in [2.05, 4.69) is 0 Å². The number of rotatable bonds is 6. The number of ether oxygens (including phenoxy) is 3. The second-order valence-electron chi connectivity index (χ2n) is 9.84. The lowest BCUT2D eigenvalue weighted by atomic mass is 9.92. The van der Waals surface area contributed by atoms with Crippen molar-refractivity contribution in [2.45, 2.75) is 84.8 Å². The van der Waals surface area contributed by atoms with Crippen molar-refractivity contribution in [3.63, 3.8) is 0 Å². The summed E-state index contributed by atoms with van der Waals surface area (Å²) < 4.78 is 18.8. The van der Waals surface area contributed by atoms with Gasteiger partial charge in [-0.15, -0.1) is 0 Å². The van der Waals surface area contributed by atoms with Crippen molar-refractivity contribution < 1.29 is 19.0 Å². The van der Waals surface area contributed by atoms with E-state index in [-0.39, 0.29) is 17.8 Å². The van der Waals surface area contributed by atoms with Gasteiger partial charge in [-0.2, -0.15) is 0 Å². The molecule has 1 aliphatic rings. The van der Waals surface area contributed by atoms with Crippen LogP contribution in [0.15, 0.2) is 35.3 Å². The van der Waals surface area contributed by atoms with E-state index in [4.69, 9.17) is 25.8 Å². The fourth-order valence-electron chi connectivity index (χ4n) is 3.93. The predicted octanol–water partition coefficient (Wildman–Crippen LogP) is 5.33. The number of esters is 1. The highest BCUT2D eigenvalue weighted by atomic mass is 35.5. The molecule has 0 spiro atoms. The summed E-state index contributed by atoms with van der Waals surface area (Å²) in [7, 11) is 0. The van der Waals surface area contributed by atoms with Crippen LogP contribution in [-0.2, 0) is 32.0 Å². The summed E-state index contributed by atoms with van der Waals surface area (Å²) in [5, 5.41) is 0.607. The maximum Gasteiger partial charge on any atom is 0.329 e. The number of hydrogen-bond acceptors (Lipinski definition) is 5. The maximum atomic E-state index is 13.3. The fraction of sp³-hybridized carbons (Fsp3) is 0.538. The SMILES string of the molecule is CC(C)OCCC(C(=O)OC(C)(C)C)n1cc2c(cc1=O)-c1cc(Cl)ccc1C[C@@H](C)OC2. The number of carbonyl (C=O) groups is 1. The summed E-state index contributed by atoms with van der Waals surface area (Å²) >= 11 is 6.29. The van der Waals surface area contributed by atoms with Crippen LogP contribution in [0.25, 0.3) is 11.1 Å². The van der Waals surface area contributed by atoms with Crippen LogP contribution in [0, 0.1) is 0 Å². The molecule has 1 aliphatic heterocycles. The van der Waals surface area contributed by atoms with Gasteiger partial charge in [-0.05, 0) is 76.8 Å². The molecule has 33 heavy (non-hydrogen) atoms. The molecule has 2 heterocycles. The molecular weight excluding hydrogens is 442 g/mol. The summed E-state index contributed by atoms with van der Waals surface area (Å²) in [4.78, 5) is 26.4. The molecule has 0 saturated heterocycles. The lowest BCUT2D eigenvalue weighted by Gasteiger charge is -2.27. The van der Waals surface area contributed by atoms with Crippen molar-refractivity contribution in [2.24, 2.45) is 0 Å². The number of carbonyl (C=O) groups excluding carboxylic acids is 1. The lowest BCUT2D eigenvalue weighted by Crippen LogP contribution is -2.36. The molecule has 0 N–H and O–H groups in total. The van der Waals surface area contributed by atoms with Crippen LogP contribution in [0.1, 0.15) is 65.1 Å². The highest BCUT2D eigenvalue weighted by molar-refractivity contribution is 6.30. The third kappa shape index (κ3) is 6.69. The molecule has 2 atom stereocenters. The minimum Gasteiger partial charge on any atom is -0.458 e. The zero-order valence-corrected chi connectivity index (χ0v) is 21.1. The molecule has 0 bridgehead atoms. The van der Waals surface area contributed by atoms with Gasteiger partial charge in [0.25, 0.3) is 5.56 Å². The molecule has 0 amide bonds. The molecular formula is C26H34ClNO5. The van der Waals surface area contributed by atoms with E-state index in [9.17, 15) is 9.59 Å². The molecule has 0 fully saturated rings. The van der Waals surface area contributed by atoms with Gasteiger partial charge in [0.2, 0.25) is 0 Å². The average Bonchev–Trinajstić information content (AvgIpc) is 2.69. The van der Waals surface area contributed by atoms with Crippen LogP contribution < -0.4 is 5.56 Å². The van der Waals surface area contributed by atoms with Gasteiger partial charge in [0.1, 0.15) is 11.6 Å². The van der Waals surface area contributed by atoms with E-state index in [1.807, 2.05) is 59.7 Å². The van der Waals surface area contributed by atoms with E-state index < -0.39 is 17.6 Å². The molecule has 1 aromatic carbocycles. The van der Waals surface area contributed by atoms with Gasteiger partial charge >= 0.3 is 5.97 Å². The largest absolute Gasteiger partial charge is 0.458 e. The standard InChI is InChI=1S/C26H34ClNO5/c1-16(2)31-10-9-23(25(30)33-26(4,5)6)28-14-19-15-32-17(3)11-18-7-8-20(27)12-21(18)22(19)13-24(28)29/h7-8,12-14,16-17,23H,9-11,15H2,1-6H3/t17-,23?/m1/s1. The highest BCUT2D eigenvalue weighted by Gasteiger charge is 2.29. The summed E-state index contributed by atoms with van der Waals surface area (Å²) in [6, 6.07) is 6.49. The van der Waals surface area contributed by atoms with Crippen LogP contribution in [0.5, 0.6) is 0 Å². The fourth-order valence-corrected chi connectivity index (χ4v) is 4.11. The Bertz CT molecular complexity index is 1050. The minimum absolute atomic E-state index is 0.000418. The van der Waals surface area contributed by atoms with Gasteiger partial charge in [0, 0.05) is 35.9 Å². The zero-order chi connectivity index (χ0) is 24.3. The third-order valence-electron chi connectivity index (χ3n) is 5.41. The van der Waals surface area contributed by atoms with E-state index >= 15 is 0 Å². The van der Waals surface area contributed by atoms with Gasteiger partial charge in [-0.3, -0.25) is 4.79 Å². The molecule has 7 heteroatoms. The van der Waals surface area contributed by atoms with Crippen molar-refractivity contribution in [2.75, 3.05) is 6.61 Å². The Morgan fingerprint density at radius 2 is 1.91 bits per heavy atom. The Balaban J connectivity index is 2.08. The van der Waals surface area contributed by atoms with E-state index in [0.29, 0.717) is 24.7 Å². The zero-order valence-electron chi connectivity index (χ0n) is 20.3. The molecule has 0 radical (unpaired) electrons. The average molecular weight is 476 g/mol. The van der Waals surface area contributed by atoms with Crippen molar-refractivity contribution >= 4 is 17.6 Å². The summed E-state index contributed by atoms with van der Waals surface area (Å²) in [6.45, 7) is 12.0. The number of fused-ring (bicyclic) bond motifs is 3. The van der Waals surface area contributed by atoms with Gasteiger partial charge in [0.15, 0.2) is 0 Å². The van der Waals surface area contributed by atoms with E-state index in [1.165, 1.54) is 4.57 Å². The Kier molecular flexibility index (Phi) is 8.04. The molecule has 1 aromatic heterocycles. The molecule has 0 saturated carbocycles. The highest BCUT2D eigenvalue weighted by Crippen LogP contribution is 2.33. The molecule has 180 valence electrons. The van der Waals surface area contributed by atoms with E-state index in [1.54, 1.807) is 12.3 Å². The number of halogens is 1. The van der Waals surface area contributed by atoms with Gasteiger partial charge in [-0.1, -0.05) is 17.7 Å². The first-order valence-corrected chi connectivity index (χ1v) is 11.8. The van der Waals surface area contributed by atoms with Crippen LogP contribution >= 0.6 is 11.6 Å². The van der Waals surface area contributed by atoms with Gasteiger partial charge < -0.3 is 18.8 Å². The first-order valence-electron chi connectivity index (χ1n) is 11.4. The molecule has 3 rings (SSSR count). The van der Waals surface area contributed by atoms with Crippen molar-refractivity contribution in [3.8, 4) is 11.1 Å². The number of nitrogens with zero attached hydrogens (tertiary/aromatic N) is 1. The summed E-state index contributed by atoms with van der Waals surface area (Å²) in [5.41, 5.74) is 2.64. The number of benzene rings is 1. The Hall–Kier alpha value is -2.15. The Labute approximate surface area is 200 Å². The number of hydrogen-bond donors (Lipinski definition) is 0. The molecule has 1 unspecified atom stereocenters. The summed E-state index contributed by atoms with van der Waals surface area (Å²) in [6.07, 6.45) is 2.80. The monoisotopic (exact) mass is 475 g/mol. The van der Waals surface area contributed by atoms with Crippen LogP contribution in [0.4, 0.5) is 0 Å². The number of aromatic nitrogens is 1. The second kappa shape index (κ2) is 10.4. The van der Waals surface area contributed by atoms with Crippen LogP contribution in [-0.4, -0.2) is 35.0 Å². The smallest absolute Gasteiger partial charge is 0.329 e. The molecule has 0 aliphatic carbocycles. The van der Waals surface area contributed by atoms with Crippen LogP contribution in [0.2, 0.25) is 5.02 Å². The molecule has 2 aromatic rings. The van der Waals surface area contributed by atoms with Crippen molar-refractivity contribution in [1.29, 1.82) is 0 Å². The quantitative estimate of drug-likeness (QED) is 0.528. The second-order valence-corrected chi connectivity index (χ2v) is 10.3. The summed E-state index contributed by atoms with van der Waals surface area (Å²) in [5.74, 6) is -0.458. The van der Waals surface area contributed by atoms with Gasteiger partial charge in [0.05, 0.1) is 18.8 Å². The Morgan fingerprint density at radius 3 is 2.58 bits per heavy atom. The van der Waals surface area contributed by atoms with Crippen molar-refractivity contribution in [1.82, 2.24) is 4.57 Å².